The Morgan fingerprint density at radius 1 is 1.12 bits per heavy atom. The summed E-state index contributed by atoms with van der Waals surface area (Å²) in [5.74, 6) is -0.237. The third kappa shape index (κ3) is 3.70. The lowest BCUT2D eigenvalue weighted by atomic mass is 10.0. The quantitative estimate of drug-likeness (QED) is 0.550. The van der Waals surface area contributed by atoms with Crippen molar-refractivity contribution in [1.29, 1.82) is 0 Å². The molecule has 0 radical (unpaired) electrons. The number of para-hydroxylation sites is 1. The molecule has 5 heteroatoms. The summed E-state index contributed by atoms with van der Waals surface area (Å²) in [5, 5.41) is 9.76. The summed E-state index contributed by atoms with van der Waals surface area (Å²) in [5.41, 5.74) is 2.61. The number of carbonyl (C=O) groups is 1. The second-order valence-electron chi connectivity index (χ2n) is 5.02. The number of methoxy groups -OCH3 is 1. The van der Waals surface area contributed by atoms with Crippen LogP contribution >= 0.6 is 11.3 Å². The molecule has 1 aromatic heterocycles. The molecule has 0 unspecified atom stereocenters. The van der Waals surface area contributed by atoms with Gasteiger partial charge in [-0.25, -0.2) is 9.78 Å². The van der Waals surface area contributed by atoms with Crippen LogP contribution in [-0.4, -0.2) is 23.2 Å². The Hall–Kier alpha value is -2.92. The summed E-state index contributed by atoms with van der Waals surface area (Å²) >= 11 is 1.57. The van der Waals surface area contributed by atoms with Crippen molar-refractivity contribution in [3.8, 4) is 5.75 Å². The molecule has 3 rings (SSSR count). The number of nitrogens with zero attached hydrogens (tertiary/aromatic N) is 1. The van der Waals surface area contributed by atoms with E-state index in [-0.39, 0.29) is 0 Å². The highest BCUT2D eigenvalue weighted by atomic mass is 32.1. The Kier molecular flexibility index (Phi) is 4.72. The SMILES string of the molecule is COc1ccc(C(/C=C/C(=O)O)=C/c2nc3ccccc3s2)cc1. The van der Waals surface area contributed by atoms with E-state index in [2.05, 4.69) is 4.98 Å². The molecule has 0 spiro atoms. The van der Waals surface area contributed by atoms with Gasteiger partial charge in [-0.3, -0.25) is 0 Å². The second kappa shape index (κ2) is 7.10. The summed E-state index contributed by atoms with van der Waals surface area (Å²) in [6.07, 6.45) is 4.60. The summed E-state index contributed by atoms with van der Waals surface area (Å²) in [6.45, 7) is 0. The molecule has 3 aromatic rings. The molecule has 0 aliphatic heterocycles. The molecule has 0 aliphatic carbocycles. The van der Waals surface area contributed by atoms with Crippen LogP contribution in [0.25, 0.3) is 21.9 Å². The number of allylic oxidation sites excluding steroid dienone is 2. The smallest absolute Gasteiger partial charge is 0.328 e. The lowest BCUT2D eigenvalue weighted by Crippen LogP contribution is -1.89. The summed E-state index contributed by atoms with van der Waals surface area (Å²) in [4.78, 5) is 15.5. The molecule has 1 N–H and O–H groups in total. The van der Waals surface area contributed by atoms with Gasteiger partial charge in [-0.2, -0.15) is 0 Å². The Morgan fingerprint density at radius 3 is 2.54 bits per heavy atom. The number of carboxylic acid groups (broad SMARTS) is 1. The maximum atomic E-state index is 10.9. The number of carboxylic acids is 1. The molecule has 1 heterocycles. The third-order valence-corrected chi connectivity index (χ3v) is 4.40. The highest BCUT2D eigenvalue weighted by molar-refractivity contribution is 7.19. The molecule has 120 valence electrons. The lowest BCUT2D eigenvalue weighted by molar-refractivity contribution is -0.131. The summed E-state index contributed by atoms with van der Waals surface area (Å²) in [7, 11) is 1.61. The lowest BCUT2D eigenvalue weighted by Gasteiger charge is -2.04. The van der Waals surface area contributed by atoms with Gasteiger partial charge in [0.25, 0.3) is 0 Å². The number of fused-ring (bicyclic) bond motifs is 1. The Labute approximate surface area is 143 Å². The van der Waals surface area contributed by atoms with Crippen LogP contribution in [0, 0.1) is 0 Å². The molecule has 0 aliphatic rings. The van der Waals surface area contributed by atoms with Crippen LogP contribution in [0.15, 0.2) is 60.7 Å². The monoisotopic (exact) mass is 337 g/mol. The zero-order valence-electron chi connectivity index (χ0n) is 13.0. The van der Waals surface area contributed by atoms with Crippen molar-refractivity contribution in [3.05, 3.63) is 71.3 Å². The Morgan fingerprint density at radius 2 is 1.88 bits per heavy atom. The summed E-state index contributed by atoms with van der Waals surface area (Å²) in [6, 6.07) is 15.4. The van der Waals surface area contributed by atoms with Crippen LogP contribution in [0.1, 0.15) is 10.6 Å². The first-order valence-corrected chi connectivity index (χ1v) is 8.10. The second-order valence-corrected chi connectivity index (χ2v) is 6.08. The van der Waals surface area contributed by atoms with Crippen molar-refractivity contribution in [1.82, 2.24) is 4.98 Å². The fraction of sp³-hybridized carbons (Fsp3) is 0.0526. The highest BCUT2D eigenvalue weighted by Crippen LogP contribution is 2.27. The van der Waals surface area contributed by atoms with Gasteiger partial charge in [0.1, 0.15) is 10.8 Å². The van der Waals surface area contributed by atoms with Crippen molar-refractivity contribution in [2.45, 2.75) is 0 Å². The number of hydrogen-bond acceptors (Lipinski definition) is 4. The number of aromatic nitrogens is 1. The molecular formula is C19H15NO3S. The minimum absolute atomic E-state index is 0.750. The molecule has 0 saturated heterocycles. The minimum atomic E-state index is -0.987. The van der Waals surface area contributed by atoms with Gasteiger partial charge in [0.15, 0.2) is 0 Å². The van der Waals surface area contributed by atoms with E-state index < -0.39 is 5.97 Å². The molecule has 4 nitrogen and oxygen atoms in total. The van der Waals surface area contributed by atoms with E-state index >= 15 is 0 Å². The molecule has 24 heavy (non-hydrogen) atoms. The van der Waals surface area contributed by atoms with Gasteiger partial charge in [0.2, 0.25) is 0 Å². The van der Waals surface area contributed by atoms with Gasteiger partial charge >= 0.3 is 5.97 Å². The van der Waals surface area contributed by atoms with Crippen molar-refractivity contribution < 1.29 is 14.6 Å². The van der Waals surface area contributed by atoms with E-state index in [0.29, 0.717) is 0 Å². The number of ether oxygens (including phenoxy) is 1. The number of aliphatic carboxylic acids is 1. The summed E-state index contributed by atoms with van der Waals surface area (Å²) < 4.78 is 6.26. The topological polar surface area (TPSA) is 59.4 Å². The van der Waals surface area contributed by atoms with Crippen LogP contribution in [0.5, 0.6) is 5.75 Å². The fourth-order valence-corrected chi connectivity index (χ4v) is 3.18. The van der Waals surface area contributed by atoms with Gasteiger partial charge in [-0.1, -0.05) is 24.3 Å². The van der Waals surface area contributed by atoms with Crippen LogP contribution in [0.2, 0.25) is 0 Å². The van der Waals surface area contributed by atoms with Gasteiger partial charge in [-0.15, -0.1) is 11.3 Å². The van der Waals surface area contributed by atoms with Crippen LogP contribution in [0.3, 0.4) is 0 Å². The first-order valence-electron chi connectivity index (χ1n) is 7.28. The van der Waals surface area contributed by atoms with Gasteiger partial charge < -0.3 is 9.84 Å². The number of benzene rings is 2. The van der Waals surface area contributed by atoms with Crippen molar-refractivity contribution >= 4 is 39.2 Å². The minimum Gasteiger partial charge on any atom is -0.497 e. The van der Waals surface area contributed by atoms with E-state index in [1.807, 2.05) is 54.6 Å². The fourth-order valence-electron chi connectivity index (χ4n) is 2.26. The number of thiazole rings is 1. The number of rotatable bonds is 5. The zero-order valence-corrected chi connectivity index (χ0v) is 13.8. The van der Waals surface area contributed by atoms with E-state index in [1.54, 1.807) is 24.5 Å². The first-order chi connectivity index (χ1) is 11.7. The van der Waals surface area contributed by atoms with Crippen molar-refractivity contribution in [2.75, 3.05) is 7.11 Å². The number of hydrogen-bond donors (Lipinski definition) is 1. The van der Waals surface area contributed by atoms with E-state index in [0.717, 1.165) is 38.2 Å². The standard InChI is InChI=1S/C19H15NO3S/c1-23-15-9-6-13(7-10-15)14(8-11-19(21)22)12-18-20-16-4-2-3-5-17(16)24-18/h2-12H,1H3,(H,21,22)/b11-8+,14-12+. The van der Waals surface area contributed by atoms with Crippen molar-refractivity contribution in [2.24, 2.45) is 0 Å². The van der Waals surface area contributed by atoms with E-state index in [9.17, 15) is 4.79 Å². The van der Waals surface area contributed by atoms with E-state index in [1.165, 1.54) is 0 Å². The molecule has 0 fully saturated rings. The first kappa shape index (κ1) is 16.0. The molecule has 0 bridgehead atoms. The predicted molar refractivity (Wildman–Crippen MR) is 97.3 cm³/mol. The van der Waals surface area contributed by atoms with Gasteiger partial charge in [0, 0.05) is 6.08 Å². The highest BCUT2D eigenvalue weighted by Gasteiger charge is 2.05. The Balaban J connectivity index is 2.03. The van der Waals surface area contributed by atoms with Crippen LogP contribution in [-0.2, 0) is 4.79 Å². The molecule has 2 aromatic carbocycles. The van der Waals surface area contributed by atoms with Gasteiger partial charge in [-0.05, 0) is 47.6 Å². The molecule has 0 amide bonds. The normalized spacial score (nSPS) is 12.0. The van der Waals surface area contributed by atoms with Crippen LogP contribution < -0.4 is 4.74 Å². The largest absolute Gasteiger partial charge is 0.497 e. The predicted octanol–water partition coefficient (Wildman–Crippen LogP) is 4.49. The van der Waals surface area contributed by atoms with Crippen molar-refractivity contribution in [3.63, 3.8) is 0 Å². The zero-order chi connectivity index (χ0) is 16.9. The van der Waals surface area contributed by atoms with E-state index in [4.69, 9.17) is 9.84 Å². The average Bonchev–Trinajstić information content (AvgIpc) is 3.01. The Bertz CT molecular complexity index is 890. The van der Waals surface area contributed by atoms with Crippen LogP contribution in [0.4, 0.5) is 0 Å². The maximum Gasteiger partial charge on any atom is 0.328 e. The average molecular weight is 337 g/mol. The maximum absolute atomic E-state index is 10.9. The van der Waals surface area contributed by atoms with Gasteiger partial charge in [0.05, 0.1) is 17.3 Å². The molecular weight excluding hydrogens is 322 g/mol. The third-order valence-electron chi connectivity index (χ3n) is 3.42. The molecule has 0 atom stereocenters. The molecule has 0 saturated carbocycles.